The Morgan fingerprint density at radius 1 is 1.15 bits per heavy atom. The summed E-state index contributed by atoms with van der Waals surface area (Å²) in [7, 11) is 1.67. The Hall–Kier alpha value is -1.26. The van der Waals surface area contributed by atoms with Gasteiger partial charge in [0.2, 0.25) is 0 Å². The van der Waals surface area contributed by atoms with Crippen LogP contribution in [0.2, 0.25) is 0 Å². The van der Waals surface area contributed by atoms with Gasteiger partial charge in [0.15, 0.2) is 0 Å². The summed E-state index contributed by atoms with van der Waals surface area (Å²) in [5.74, 6) is 1.83. The smallest absolute Gasteiger partial charge is 0.120 e. The van der Waals surface area contributed by atoms with Gasteiger partial charge < -0.3 is 15.4 Å². The van der Waals surface area contributed by atoms with E-state index in [4.69, 9.17) is 10.5 Å². The molecule has 0 radical (unpaired) electrons. The van der Waals surface area contributed by atoms with Gasteiger partial charge >= 0.3 is 0 Å². The minimum atomic E-state index is 0.834. The van der Waals surface area contributed by atoms with E-state index >= 15 is 0 Å². The van der Waals surface area contributed by atoms with E-state index in [2.05, 4.69) is 15.9 Å². The van der Waals surface area contributed by atoms with Gasteiger partial charge in [-0.1, -0.05) is 6.07 Å². The van der Waals surface area contributed by atoms with Gasteiger partial charge in [-0.25, -0.2) is 0 Å². The largest absolute Gasteiger partial charge is 0.497 e. The Morgan fingerprint density at radius 2 is 1.85 bits per heavy atom. The molecule has 0 atom stereocenters. The Morgan fingerprint density at radius 3 is 2.45 bits per heavy atom. The quantitative estimate of drug-likeness (QED) is 0.832. The van der Waals surface area contributed by atoms with Crippen molar-refractivity contribution in [2.45, 2.75) is 19.4 Å². The second kappa shape index (κ2) is 6.02. The zero-order valence-electron chi connectivity index (χ0n) is 12.3. The number of ether oxygens (including phenoxy) is 1. The van der Waals surface area contributed by atoms with Crippen LogP contribution in [0.3, 0.4) is 0 Å². The van der Waals surface area contributed by atoms with Gasteiger partial charge in [0, 0.05) is 51.0 Å². The number of piperazine rings is 1. The molecule has 4 heteroatoms. The van der Waals surface area contributed by atoms with Gasteiger partial charge in [-0.05, 0) is 30.4 Å². The summed E-state index contributed by atoms with van der Waals surface area (Å²) in [5, 5.41) is 0. The number of anilines is 1. The van der Waals surface area contributed by atoms with Crippen molar-refractivity contribution in [3.8, 4) is 5.75 Å². The maximum absolute atomic E-state index is 6.10. The number of methoxy groups -OCH3 is 1. The molecule has 1 aliphatic carbocycles. The molecule has 1 aromatic carbocycles. The van der Waals surface area contributed by atoms with E-state index in [-0.39, 0.29) is 0 Å². The molecule has 1 aromatic rings. The molecule has 2 aliphatic rings. The van der Waals surface area contributed by atoms with E-state index in [1.54, 1.807) is 7.11 Å². The van der Waals surface area contributed by atoms with E-state index < -0.39 is 0 Å². The lowest BCUT2D eigenvalue weighted by molar-refractivity contribution is 0.123. The molecule has 4 nitrogen and oxygen atoms in total. The summed E-state index contributed by atoms with van der Waals surface area (Å²) in [6, 6.07) is 6.00. The Kier molecular flexibility index (Phi) is 4.13. The highest BCUT2D eigenvalue weighted by Crippen LogP contribution is 2.30. The van der Waals surface area contributed by atoms with Crippen LogP contribution in [0.4, 0.5) is 5.69 Å². The molecule has 2 N–H and O–H groups in total. The zero-order valence-corrected chi connectivity index (χ0v) is 12.3. The Balaban J connectivity index is 1.51. The molecule has 0 spiro atoms. The van der Waals surface area contributed by atoms with Crippen molar-refractivity contribution >= 4 is 5.69 Å². The van der Waals surface area contributed by atoms with Gasteiger partial charge in [0.25, 0.3) is 0 Å². The van der Waals surface area contributed by atoms with Crippen LogP contribution in [-0.4, -0.2) is 49.6 Å². The van der Waals surface area contributed by atoms with E-state index in [0.29, 0.717) is 0 Å². The normalized spacial score (nSPS) is 21.1. The molecular formula is C16H25N3O. The topological polar surface area (TPSA) is 41.7 Å². The fourth-order valence-corrected chi connectivity index (χ4v) is 2.88. The first-order chi connectivity index (χ1) is 9.74. The molecule has 0 amide bonds. The molecule has 1 saturated carbocycles. The van der Waals surface area contributed by atoms with Crippen molar-refractivity contribution in [1.29, 1.82) is 0 Å². The van der Waals surface area contributed by atoms with Crippen LogP contribution in [0, 0.1) is 5.92 Å². The highest BCUT2D eigenvalue weighted by atomic mass is 16.5. The van der Waals surface area contributed by atoms with E-state index in [0.717, 1.165) is 37.0 Å². The van der Waals surface area contributed by atoms with Crippen molar-refractivity contribution in [2.75, 3.05) is 45.6 Å². The van der Waals surface area contributed by atoms with Crippen molar-refractivity contribution in [2.24, 2.45) is 5.92 Å². The molecule has 20 heavy (non-hydrogen) atoms. The maximum Gasteiger partial charge on any atom is 0.120 e. The standard InChI is InChI=1S/C16H25N3O/c1-20-15-5-4-14(16(17)10-15)12-19-8-6-18(7-9-19)11-13-2-3-13/h4-5,10,13H,2-3,6-9,11-12,17H2,1H3. The van der Waals surface area contributed by atoms with Gasteiger partial charge in [0.05, 0.1) is 7.11 Å². The predicted molar refractivity (Wildman–Crippen MR) is 81.8 cm³/mol. The zero-order chi connectivity index (χ0) is 13.9. The third-order valence-electron chi connectivity index (χ3n) is 4.43. The van der Waals surface area contributed by atoms with Crippen LogP contribution < -0.4 is 10.5 Å². The molecule has 0 bridgehead atoms. The van der Waals surface area contributed by atoms with Crippen molar-refractivity contribution in [1.82, 2.24) is 9.80 Å². The number of nitrogen functional groups attached to an aromatic ring is 1. The number of hydrogen-bond acceptors (Lipinski definition) is 4. The molecule has 3 rings (SSSR count). The van der Waals surface area contributed by atoms with E-state index in [1.807, 2.05) is 12.1 Å². The highest BCUT2D eigenvalue weighted by Gasteiger charge is 2.26. The molecule has 1 heterocycles. The van der Waals surface area contributed by atoms with Crippen LogP contribution >= 0.6 is 0 Å². The first-order valence-electron chi connectivity index (χ1n) is 7.61. The van der Waals surface area contributed by atoms with Gasteiger partial charge in [0.1, 0.15) is 5.75 Å². The lowest BCUT2D eigenvalue weighted by atomic mass is 10.1. The van der Waals surface area contributed by atoms with E-state index in [1.165, 1.54) is 38.0 Å². The fraction of sp³-hybridized carbons (Fsp3) is 0.625. The number of rotatable bonds is 5. The number of nitrogens with zero attached hydrogens (tertiary/aromatic N) is 2. The first kappa shape index (κ1) is 13.7. The van der Waals surface area contributed by atoms with Crippen LogP contribution in [0.5, 0.6) is 5.75 Å². The van der Waals surface area contributed by atoms with Crippen molar-refractivity contribution in [3.63, 3.8) is 0 Å². The first-order valence-corrected chi connectivity index (χ1v) is 7.61. The number of benzene rings is 1. The summed E-state index contributed by atoms with van der Waals surface area (Å²) in [6.45, 7) is 6.97. The third kappa shape index (κ3) is 3.44. The fourth-order valence-electron chi connectivity index (χ4n) is 2.88. The third-order valence-corrected chi connectivity index (χ3v) is 4.43. The van der Waals surface area contributed by atoms with Gasteiger partial charge in [-0.3, -0.25) is 4.90 Å². The number of nitrogens with two attached hydrogens (primary N) is 1. The lowest BCUT2D eigenvalue weighted by Gasteiger charge is -2.35. The molecule has 110 valence electrons. The summed E-state index contributed by atoms with van der Waals surface area (Å²) in [5.41, 5.74) is 8.15. The summed E-state index contributed by atoms with van der Waals surface area (Å²) < 4.78 is 5.20. The number of hydrogen-bond donors (Lipinski definition) is 1. The summed E-state index contributed by atoms with van der Waals surface area (Å²) >= 11 is 0. The minimum absolute atomic E-state index is 0.834. The van der Waals surface area contributed by atoms with Crippen LogP contribution in [0.1, 0.15) is 18.4 Å². The summed E-state index contributed by atoms with van der Waals surface area (Å²) in [6.07, 6.45) is 2.89. The molecule has 0 aromatic heterocycles. The highest BCUT2D eigenvalue weighted by molar-refractivity contribution is 5.51. The SMILES string of the molecule is COc1ccc(CN2CCN(CC3CC3)CC2)c(N)c1. The Bertz CT molecular complexity index is 451. The molecule has 1 saturated heterocycles. The van der Waals surface area contributed by atoms with Crippen LogP contribution in [-0.2, 0) is 6.54 Å². The minimum Gasteiger partial charge on any atom is -0.497 e. The predicted octanol–water partition coefficient (Wildman–Crippen LogP) is 1.80. The Labute approximate surface area is 121 Å². The van der Waals surface area contributed by atoms with E-state index in [9.17, 15) is 0 Å². The second-order valence-electron chi connectivity index (χ2n) is 6.08. The molecule has 1 aliphatic heterocycles. The second-order valence-corrected chi connectivity index (χ2v) is 6.08. The van der Waals surface area contributed by atoms with Crippen molar-refractivity contribution in [3.05, 3.63) is 23.8 Å². The lowest BCUT2D eigenvalue weighted by Crippen LogP contribution is -2.46. The van der Waals surface area contributed by atoms with Crippen LogP contribution in [0.25, 0.3) is 0 Å². The summed E-state index contributed by atoms with van der Waals surface area (Å²) in [4.78, 5) is 5.12. The molecule has 2 fully saturated rings. The maximum atomic E-state index is 6.10. The van der Waals surface area contributed by atoms with Crippen molar-refractivity contribution < 1.29 is 4.74 Å². The van der Waals surface area contributed by atoms with Gasteiger partial charge in [-0.15, -0.1) is 0 Å². The molecular weight excluding hydrogens is 250 g/mol. The van der Waals surface area contributed by atoms with Crippen LogP contribution in [0.15, 0.2) is 18.2 Å². The average Bonchev–Trinajstić information content (AvgIpc) is 3.27. The van der Waals surface area contributed by atoms with Gasteiger partial charge in [-0.2, -0.15) is 0 Å². The monoisotopic (exact) mass is 275 g/mol. The molecule has 0 unspecified atom stereocenters. The average molecular weight is 275 g/mol.